The summed E-state index contributed by atoms with van der Waals surface area (Å²) in [5.41, 5.74) is 2.03. The molecule has 3 amide bonds. The number of hydrogen-bond donors (Lipinski definition) is 1. The monoisotopic (exact) mass is 479 g/mol. The van der Waals surface area contributed by atoms with Gasteiger partial charge in [-0.3, -0.25) is 19.3 Å². The van der Waals surface area contributed by atoms with Crippen molar-refractivity contribution in [3.63, 3.8) is 0 Å². The van der Waals surface area contributed by atoms with Crippen LogP contribution in [0, 0.1) is 0 Å². The molecule has 0 aromatic heterocycles. The van der Waals surface area contributed by atoms with Crippen molar-refractivity contribution in [2.24, 2.45) is 0 Å². The van der Waals surface area contributed by atoms with Crippen molar-refractivity contribution >= 4 is 23.4 Å². The average molecular weight is 480 g/mol. The van der Waals surface area contributed by atoms with E-state index in [9.17, 15) is 14.4 Å². The van der Waals surface area contributed by atoms with E-state index in [1.54, 1.807) is 46.2 Å². The topological polar surface area (TPSA) is 88.2 Å². The molecule has 0 bridgehead atoms. The van der Waals surface area contributed by atoms with Gasteiger partial charge in [-0.25, -0.2) is 0 Å². The first-order valence-corrected chi connectivity index (χ1v) is 12.3. The summed E-state index contributed by atoms with van der Waals surface area (Å²) in [6.07, 6.45) is 5.11. The quantitative estimate of drug-likeness (QED) is 0.486. The Morgan fingerprint density at radius 1 is 0.971 bits per heavy atom. The van der Waals surface area contributed by atoms with E-state index in [2.05, 4.69) is 12.2 Å². The molecule has 35 heavy (non-hydrogen) atoms. The van der Waals surface area contributed by atoms with Gasteiger partial charge in [0.2, 0.25) is 5.91 Å². The molecule has 2 aliphatic rings. The molecule has 0 aliphatic carbocycles. The van der Waals surface area contributed by atoms with Gasteiger partial charge in [0, 0.05) is 25.1 Å². The van der Waals surface area contributed by atoms with E-state index < -0.39 is 6.17 Å². The van der Waals surface area contributed by atoms with E-state index >= 15 is 0 Å². The Labute approximate surface area is 206 Å². The third-order valence-electron chi connectivity index (χ3n) is 6.67. The third-order valence-corrected chi connectivity index (χ3v) is 6.67. The Bertz CT molecular complexity index is 1120. The summed E-state index contributed by atoms with van der Waals surface area (Å²) in [4.78, 5) is 43.0. The number of nitrogens with zero attached hydrogens (tertiary/aromatic N) is 2. The molecule has 186 valence electrons. The summed E-state index contributed by atoms with van der Waals surface area (Å²) >= 11 is 0. The van der Waals surface area contributed by atoms with E-state index in [1.807, 2.05) is 0 Å². The first-order chi connectivity index (χ1) is 17.0. The highest BCUT2D eigenvalue weighted by atomic mass is 16.5. The molecular weight excluding hydrogens is 446 g/mol. The van der Waals surface area contributed by atoms with E-state index in [4.69, 9.17) is 9.47 Å². The van der Waals surface area contributed by atoms with Crippen LogP contribution in [0.1, 0.15) is 77.9 Å². The maximum Gasteiger partial charge on any atom is 0.264 e. The number of ether oxygens (including phenoxy) is 2. The zero-order valence-corrected chi connectivity index (χ0v) is 20.6. The molecule has 4 rings (SSSR count). The van der Waals surface area contributed by atoms with Crippen LogP contribution in [0.2, 0.25) is 0 Å². The zero-order valence-electron chi connectivity index (χ0n) is 20.6. The predicted octanol–water partition coefficient (Wildman–Crippen LogP) is 4.30. The molecule has 1 atom stereocenters. The standard InChI is InChI=1S/C27H33N3O5/c1-4-5-6-7-10-16-28-22(31)15-17-29-25-19-13-14-21(34-2)24(35-3)23(19)27(33)30(25)20-12-9-8-11-18(20)26(29)32/h8-9,11-14,25H,4-7,10,15-17H2,1-3H3,(H,28,31). The molecule has 0 saturated carbocycles. The minimum Gasteiger partial charge on any atom is -0.493 e. The molecule has 1 unspecified atom stereocenters. The van der Waals surface area contributed by atoms with Crippen molar-refractivity contribution in [3.8, 4) is 11.5 Å². The van der Waals surface area contributed by atoms with Crippen LogP contribution in [-0.4, -0.2) is 49.9 Å². The molecule has 0 spiro atoms. The van der Waals surface area contributed by atoms with Crippen LogP contribution in [0.4, 0.5) is 5.69 Å². The maximum absolute atomic E-state index is 13.7. The summed E-state index contributed by atoms with van der Waals surface area (Å²) in [6, 6.07) is 10.6. The van der Waals surface area contributed by atoms with Gasteiger partial charge in [-0.05, 0) is 24.6 Å². The molecular formula is C27H33N3O5. The number of carbonyl (C=O) groups excluding carboxylic acids is 3. The molecule has 2 aliphatic heterocycles. The lowest BCUT2D eigenvalue weighted by atomic mass is 10.0. The van der Waals surface area contributed by atoms with E-state index in [0.29, 0.717) is 40.4 Å². The van der Waals surface area contributed by atoms with Crippen molar-refractivity contribution in [1.29, 1.82) is 0 Å². The normalized spacial score (nSPS) is 16.0. The fourth-order valence-electron chi connectivity index (χ4n) is 4.92. The minimum atomic E-state index is -0.651. The Hall–Kier alpha value is -3.55. The van der Waals surface area contributed by atoms with Crippen LogP contribution in [0.5, 0.6) is 11.5 Å². The van der Waals surface area contributed by atoms with Crippen molar-refractivity contribution in [2.45, 2.75) is 51.6 Å². The zero-order chi connectivity index (χ0) is 24.9. The average Bonchev–Trinajstić information content (AvgIpc) is 3.17. The van der Waals surface area contributed by atoms with Crippen molar-refractivity contribution < 1.29 is 23.9 Å². The molecule has 0 radical (unpaired) electrons. The molecule has 0 fully saturated rings. The summed E-state index contributed by atoms with van der Waals surface area (Å²) in [7, 11) is 3.01. The van der Waals surface area contributed by atoms with Gasteiger partial charge in [-0.15, -0.1) is 0 Å². The van der Waals surface area contributed by atoms with Crippen molar-refractivity contribution in [1.82, 2.24) is 10.2 Å². The van der Waals surface area contributed by atoms with Crippen LogP contribution < -0.4 is 19.7 Å². The smallest absolute Gasteiger partial charge is 0.264 e. The third kappa shape index (κ3) is 4.57. The number of carbonyl (C=O) groups is 3. The fraction of sp³-hybridized carbons (Fsp3) is 0.444. The number of benzene rings is 2. The van der Waals surface area contributed by atoms with E-state index in [-0.39, 0.29) is 30.7 Å². The molecule has 8 heteroatoms. The highest BCUT2D eigenvalue weighted by Crippen LogP contribution is 2.49. The fourth-order valence-corrected chi connectivity index (χ4v) is 4.92. The molecule has 2 aromatic carbocycles. The summed E-state index contributed by atoms with van der Waals surface area (Å²) < 4.78 is 10.9. The molecule has 2 heterocycles. The Morgan fingerprint density at radius 3 is 2.49 bits per heavy atom. The largest absolute Gasteiger partial charge is 0.493 e. The lowest BCUT2D eigenvalue weighted by Gasteiger charge is -2.40. The summed E-state index contributed by atoms with van der Waals surface area (Å²) in [5, 5.41) is 2.96. The number of nitrogens with one attached hydrogen (secondary N) is 1. The first kappa shape index (κ1) is 24.6. The number of unbranched alkanes of at least 4 members (excludes halogenated alkanes) is 4. The lowest BCUT2D eigenvalue weighted by Crippen LogP contribution is -2.49. The second-order valence-electron chi connectivity index (χ2n) is 8.84. The summed E-state index contributed by atoms with van der Waals surface area (Å²) in [5.74, 6) is 0.224. The SMILES string of the molecule is CCCCCCCNC(=O)CCN1C(=O)c2ccccc2N2C(=O)c3c(ccc(OC)c3OC)C12. The van der Waals surface area contributed by atoms with Crippen molar-refractivity contribution in [3.05, 3.63) is 53.1 Å². The lowest BCUT2D eigenvalue weighted by molar-refractivity contribution is -0.121. The predicted molar refractivity (Wildman–Crippen MR) is 133 cm³/mol. The highest BCUT2D eigenvalue weighted by Gasteiger charge is 2.49. The number of para-hydroxylation sites is 1. The van der Waals surface area contributed by atoms with E-state index in [1.165, 1.54) is 33.5 Å². The number of fused-ring (bicyclic) bond motifs is 5. The van der Waals surface area contributed by atoms with Gasteiger partial charge in [0.25, 0.3) is 11.8 Å². The maximum atomic E-state index is 13.7. The summed E-state index contributed by atoms with van der Waals surface area (Å²) in [6.45, 7) is 3.00. The number of amides is 3. The van der Waals surface area contributed by atoms with Crippen LogP contribution in [0.25, 0.3) is 0 Å². The van der Waals surface area contributed by atoms with Crippen LogP contribution in [0.3, 0.4) is 0 Å². The van der Waals surface area contributed by atoms with Gasteiger partial charge >= 0.3 is 0 Å². The van der Waals surface area contributed by atoms with Gasteiger partial charge in [0.15, 0.2) is 11.5 Å². The second-order valence-corrected chi connectivity index (χ2v) is 8.84. The minimum absolute atomic E-state index is 0.101. The van der Waals surface area contributed by atoms with Crippen LogP contribution in [0.15, 0.2) is 36.4 Å². The van der Waals surface area contributed by atoms with Gasteiger partial charge < -0.3 is 19.7 Å². The van der Waals surface area contributed by atoms with Gasteiger partial charge in [-0.1, -0.05) is 50.8 Å². The Balaban J connectivity index is 1.58. The second kappa shape index (κ2) is 10.8. The van der Waals surface area contributed by atoms with Gasteiger partial charge in [0.05, 0.1) is 31.0 Å². The number of rotatable bonds is 11. The molecule has 8 nitrogen and oxygen atoms in total. The van der Waals surface area contributed by atoms with Crippen LogP contribution >= 0.6 is 0 Å². The molecule has 1 N–H and O–H groups in total. The number of anilines is 1. The first-order valence-electron chi connectivity index (χ1n) is 12.3. The highest BCUT2D eigenvalue weighted by molar-refractivity contribution is 6.18. The number of methoxy groups -OCH3 is 2. The van der Waals surface area contributed by atoms with E-state index in [0.717, 1.165) is 12.8 Å². The molecule has 2 aromatic rings. The van der Waals surface area contributed by atoms with Gasteiger partial charge in [0.1, 0.15) is 6.17 Å². The Morgan fingerprint density at radius 2 is 1.74 bits per heavy atom. The number of hydrogen-bond acceptors (Lipinski definition) is 5. The molecule has 0 saturated heterocycles. The van der Waals surface area contributed by atoms with Crippen molar-refractivity contribution in [2.75, 3.05) is 32.2 Å². The van der Waals surface area contributed by atoms with Gasteiger partial charge in [-0.2, -0.15) is 0 Å². The van der Waals surface area contributed by atoms with Crippen LogP contribution in [-0.2, 0) is 4.79 Å². The Kier molecular flexibility index (Phi) is 7.58.